The zero-order valence-electron chi connectivity index (χ0n) is 16.3. The molecule has 0 unspecified atom stereocenters. The molecule has 0 bridgehead atoms. The van der Waals surface area contributed by atoms with Gasteiger partial charge in [0.25, 0.3) is 5.56 Å². The van der Waals surface area contributed by atoms with Crippen LogP contribution in [0.1, 0.15) is 25.8 Å². The normalized spacial score (nSPS) is 11.4. The first-order valence-corrected chi connectivity index (χ1v) is 10.4. The molecule has 4 rings (SSSR count). The van der Waals surface area contributed by atoms with E-state index in [1.807, 2.05) is 44.4 Å². The van der Waals surface area contributed by atoms with Crippen molar-refractivity contribution in [3.8, 4) is 11.4 Å². The average molecular weight is 408 g/mol. The zero-order valence-corrected chi connectivity index (χ0v) is 17.1. The third kappa shape index (κ3) is 3.51. The first-order valence-electron chi connectivity index (χ1n) is 9.20. The van der Waals surface area contributed by atoms with Crippen LogP contribution < -0.4 is 11.2 Å². The van der Waals surface area contributed by atoms with Gasteiger partial charge in [-0.05, 0) is 56.5 Å². The molecule has 0 aliphatic carbocycles. The Morgan fingerprint density at radius 2 is 1.79 bits per heavy atom. The maximum absolute atomic E-state index is 13.0. The molecular weight excluding hydrogens is 388 g/mol. The third-order valence-electron chi connectivity index (χ3n) is 4.71. The highest BCUT2D eigenvalue weighted by Crippen LogP contribution is 2.21. The van der Waals surface area contributed by atoms with Crippen LogP contribution in [0.25, 0.3) is 22.3 Å². The lowest BCUT2D eigenvalue weighted by Crippen LogP contribution is -2.41. The molecule has 0 aliphatic rings. The van der Waals surface area contributed by atoms with Crippen LogP contribution in [0.2, 0.25) is 0 Å². The Morgan fingerprint density at radius 3 is 2.48 bits per heavy atom. The van der Waals surface area contributed by atoms with Crippen molar-refractivity contribution in [3.05, 3.63) is 75.3 Å². The summed E-state index contributed by atoms with van der Waals surface area (Å²) < 4.78 is 8.16. The number of hydrogen-bond donors (Lipinski definition) is 0. The Balaban J connectivity index is 1.78. The van der Waals surface area contributed by atoms with Crippen molar-refractivity contribution in [1.82, 2.24) is 19.3 Å². The van der Waals surface area contributed by atoms with Crippen molar-refractivity contribution in [3.63, 3.8) is 0 Å². The smallest absolute Gasteiger partial charge is 0.332 e. The zero-order chi connectivity index (χ0) is 20.5. The van der Waals surface area contributed by atoms with Crippen LogP contribution in [0.5, 0.6) is 0 Å². The molecule has 4 aromatic rings. The van der Waals surface area contributed by atoms with Crippen LogP contribution in [0.15, 0.2) is 67.5 Å². The van der Waals surface area contributed by atoms with E-state index in [2.05, 4.69) is 10.1 Å². The van der Waals surface area contributed by atoms with Gasteiger partial charge in [-0.25, -0.2) is 4.79 Å². The molecule has 0 aliphatic heterocycles. The Kier molecular flexibility index (Phi) is 5.10. The van der Waals surface area contributed by atoms with E-state index in [1.54, 1.807) is 36.0 Å². The molecule has 2 aromatic carbocycles. The predicted molar refractivity (Wildman–Crippen MR) is 113 cm³/mol. The summed E-state index contributed by atoms with van der Waals surface area (Å²) in [4.78, 5) is 31.4. The minimum atomic E-state index is -0.396. The number of nitrogens with zero attached hydrogens (tertiary/aromatic N) is 4. The number of para-hydroxylation sites is 1. The lowest BCUT2D eigenvalue weighted by molar-refractivity contribution is 0.368. The Bertz CT molecular complexity index is 1290. The number of thioether (sulfide) groups is 1. The molecule has 8 heteroatoms. The topological polar surface area (TPSA) is 82.9 Å². The second-order valence-corrected chi connectivity index (χ2v) is 7.77. The van der Waals surface area contributed by atoms with E-state index in [-0.39, 0.29) is 18.1 Å². The maximum atomic E-state index is 13.0. The fourth-order valence-corrected chi connectivity index (χ4v) is 3.67. The van der Waals surface area contributed by atoms with Gasteiger partial charge in [0.1, 0.15) is 6.54 Å². The van der Waals surface area contributed by atoms with Gasteiger partial charge in [0.15, 0.2) is 0 Å². The van der Waals surface area contributed by atoms with E-state index in [9.17, 15) is 9.59 Å². The van der Waals surface area contributed by atoms with E-state index in [0.717, 1.165) is 10.5 Å². The number of aromatic nitrogens is 4. The van der Waals surface area contributed by atoms with Crippen LogP contribution in [0, 0.1) is 0 Å². The molecule has 0 atom stereocenters. The van der Waals surface area contributed by atoms with Gasteiger partial charge < -0.3 is 4.52 Å². The Hall–Kier alpha value is -3.13. The molecule has 2 aromatic heterocycles. The molecule has 0 amide bonds. The molecule has 0 spiro atoms. The predicted octanol–water partition coefficient (Wildman–Crippen LogP) is 3.56. The standard InChI is InChI=1S/C21H20N4O3S/c1-13(2)25-20(26)16-6-4-5-7-17(16)24(21(25)27)12-18-22-19(23-28-18)14-8-10-15(29-3)11-9-14/h4-11,13H,12H2,1-3H3. The number of rotatable bonds is 5. The monoisotopic (exact) mass is 408 g/mol. The average Bonchev–Trinajstić information content (AvgIpc) is 3.20. The van der Waals surface area contributed by atoms with E-state index in [4.69, 9.17) is 4.52 Å². The molecule has 0 saturated heterocycles. The summed E-state index contributed by atoms with van der Waals surface area (Å²) >= 11 is 1.66. The van der Waals surface area contributed by atoms with Gasteiger partial charge in [-0.1, -0.05) is 17.3 Å². The molecule has 148 valence electrons. The van der Waals surface area contributed by atoms with Crippen molar-refractivity contribution in [2.75, 3.05) is 6.26 Å². The van der Waals surface area contributed by atoms with Gasteiger partial charge in [-0.2, -0.15) is 4.98 Å². The van der Waals surface area contributed by atoms with E-state index < -0.39 is 5.69 Å². The first kappa shape index (κ1) is 19.2. The van der Waals surface area contributed by atoms with Crippen LogP contribution in [-0.4, -0.2) is 25.5 Å². The lowest BCUT2D eigenvalue weighted by Gasteiger charge is -2.14. The lowest BCUT2D eigenvalue weighted by atomic mass is 10.2. The highest BCUT2D eigenvalue weighted by molar-refractivity contribution is 7.98. The van der Waals surface area contributed by atoms with Crippen molar-refractivity contribution in [2.45, 2.75) is 31.3 Å². The molecule has 29 heavy (non-hydrogen) atoms. The van der Waals surface area contributed by atoms with Crippen molar-refractivity contribution in [1.29, 1.82) is 0 Å². The number of fused-ring (bicyclic) bond motifs is 1. The molecular formula is C21H20N4O3S. The quantitative estimate of drug-likeness (QED) is 0.470. The van der Waals surface area contributed by atoms with E-state index in [0.29, 0.717) is 22.6 Å². The third-order valence-corrected chi connectivity index (χ3v) is 5.45. The molecule has 0 fully saturated rings. The minimum Gasteiger partial charge on any atom is -0.337 e. The van der Waals surface area contributed by atoms with Crippen LogP contribution in [0.4, 0.5) is 0 Å². The van der Waals surface area contributed by atoms with Crippen molar-refractivity contribution in [2.24, 2.45) is 0 Å². The van der Waals surface area contributed by atoms with Crippen LogP contribution in [0.3, 0.4) is 0 Å². The van der Waals surface area contributed by atoms with Crippen molar-refractivity contribution < 1.29 is 4.52 Å². The second-order valence-electron chi connectivity index (χ2n) is 6.89. The van der Waals surface area contributed by atoms with Crippen LogP contribution in [-0.2, 0) is 6.54 Å². The van der Waals surface area contributed by atoms with Gasteiger partial charge in [-0.3, -0.25) is 13.9 Å². The van der Waals surface area contributed by atoms with Gasteiger partial charge in [0.2, 0.25) is 11.7 Å². The Labute approximate surface area is 171 Å². The number of hydrogen-bond acceptors (Lipinski definition) is 6. The number of benzene rings is 2. The van der Waals surface area contributed by atoms with Gasteiger partial charge in [0, 0.05) is 16.5 Å². The summed E-state index contributed by atoms with van der Waals surface area (Å²) in [7, 11) is 0. The molecule has 0 saturated carbocycles. The van der Waals surface area contributed by atoms with E-state index >= 15 is 0 Å². The summed E-state index contributed by atoms with van der Waals surface area (Å²) in [5.74, 6) is 0.761. The fraction of sp³-hybridized carbons (Fsp3) is 0.238. The summed E-state index contributed by atoms with van der Waals surface area (Å²) in [5.41, 5.74) is 0.690. The van der Waals surface area contributed by atoms with Gasteiger partial charge in [-0.15, -0.1) is 11.8 Å². The summed E-state index contributed by atoms with van der Waals surface area (Å²) in [6, 6.07) is 14.6. The SMILES string of the molecule is CSc1ccc(-c2noc(Cn3c(=O)n(C(C)C)c(=O)c4ccccc43)n2)cc1. The first-order chi connectivity index (χ1) is 14.0. The highest BCUT2D eigenvalue weighted by Gasteiger charge is 2.17. The van der Waals surface area contributed by atoms with Crippen molar-refractivity contribution >= 4 is 22.7 Å². The molecule has 0 N–H and O–H groups in total. The highest BCUT2D eigenvalue weighted by atomic mass is 32.2. The molecule has 2 heterocycles. The van der Waals surface area contributed by atoms with Gasteiger partial charge >= 0.3 is 5.69 Å². The van der Waals surface area contributed by atoms with E-state index in [1.165, 1.54) is 9.13 Å². The Morgan fingerprint density at radius 1 is 1.07 bits per heavy atom. The second kappa shape index (κ2) is 7.71. The molecule has 7 nitrogen and oxygen atoms in total. The largest absolute Gasteiger partial charge is 0.337 e. The summed E-state index contributed by atoms with van der Waals surface area (Å²) in [5, 5.41) is 4.53. The van der Waals surface area contributed by atoms with Gasteiger partial charge in [0.05, 0.1) is 10.9 Å². The molecule has 0 radical (unpaired) electrons. The summed E-state index contributed by atoms with van der Waals surface area (Å²) in [6.45, 7) is 3.71. The summed E-state index contributed by atoms with van der Waals surface area (Å²) in [6.07, 6.45) is 2.01. The fourth-order valence-electron chi connectivity index (χ4n) is 3.26. The minimum absolute atomic E-state index is 0.0856. The van der Waals surface area contributed by atoms with Crippen LogP contribution >= 0.6 is 11.8 Å². The maximum Gasteiger partial charge on any atom is 0.332 e.